The number of hydrazone groups is 1. The first-order valence-electron chi connectivity index (χ1n) is 13.9. The van der Waals surface area contributed by atoms with E-state index in [0.29, 0.717) is 54.4 Å². The number of alkyl halides is 3. The summed E-state index contributed by atoms with van der Waals surface area (Å²) in [6.45, 7) is 0.965. The lowest BCUT2D eigenvalue weighted by molar-refractivity contribution is -0.140. The molecule has 12 heteroatoms. The van der Waals surface area contributed by atoms with Crippen LogP contribution in [-0.2, 0) is 23.1 Å². The van der Waals surface area contributed by atoms with E-state index in [-0.39, 0.29) is 17.2 Å². The Hall–Kier alpha value is -4.87. The summed E-state index contributed by atoms with van der Waals surface area (Å²) in [6.07, 6.45) is -1.25. The third kappa shape index (κ3) is 5.47. The number of carbonyl (C=O) groups is 2. The fourth-order valence-electron chi connectivity index (χ4n) is 5.46. The molecule has 0 atom stereocenters. The second-order valence-corrected chi connectivity index (χ2v) is 10.9. The Morgan fingerprint density at radius 2 is 1.73 bits per heavy atom. The van der Waals surface area contributed by atoms with Crippen molar-refractivity contribution < 1.29 is 36.6 Å². The van der Waals surface area contributed by atoms with Gasteiger partial charge < -0.3 is 19.7 Å². The minimum atomic E-state index is -4.90. The maximum atomic E-state index is 13.8. The fraction of sp³-hybridized carbons (Fsp3) is 0.281. The first-order chi connectivity index (χ1) is 21.0. The van der Waals surface area contributed by atoms with Crippen LogP contribution in [0, 0.1) is 5.82 Å². The zero-order chi connectivity index (χ0) is 31.2. The van der Waals surface area contributed by atoms with Crippen LogP contribution in [0.4, 0.5) is 23.2 Å². The Labute approximate surface area is 250 Å². The van der Waals surface area contributed by atoms with Crippen LogP contribution in [0.2, 0.25) is 0 Å². The summed E-state index contributed by atoms with van der Waals surface area (Å²) in [7, 11) is 3.14. The molecule has 1 aliphatic carbocycles. The van der Waals surface area contributed by atoms with Gasteiger partial charge in [-0.2, -0.15) is 23.3 Å². The van der Waals surface area contributed by atoms with Gasteiger partial charge in [0.25, 0.3) is 11.8 Å². The van der Waals surface area contributed by atoms with Crippen LogP contribution in [0.3, 0.4) is 0 Å². The fourth-order valence-corrected chi connectivity index (χ4v) is 5.46. The number of anilines is 1. The monoisotopic (exact) mass is 608 g/mol. The van der Waals surface area contributed by atoms with Crippen LogP contribution in [0.15, 0.2) is 77.5 Å². The molecule has 0 bridgehead atoms. The predicted octanol–water partition coefficient (Wildman–Crippen LogP) is 5.77. The third-order valence-corrected chi connectivity index (χ3v) is 8.04. The van der Waals surface area contributed by atoms with Crippen molar-refractivity contribution in [3.05, 3.63) is 101 Å². The molecular weight excluding hydrogens is 580 g/mol. The number of hydrogen-bond donors (Lipinski definition) is 1. The van der Waals surface area contributed by atoms with Gasteiger partial charge in [-0.3, -0.25) is 9.59 Å². The van der Waals surface area contributed by atoms with E-state index in [4.69, 9.17) is 9.47 Å². The molecule has 0 spiro atoms. The molecule has 1 saturated carbocycles. The van der Waals surface area contributed by atoms with E-state index in [2.05, 4.69) is 10.4 Å². The molecule has 3 aromatic carbocycles. The topological polar surface area (TPSA) is 83.5 Å². The van der Waals surface area contributed by atoms with Crippen LogP contribution in [0.25, 0.3) is 0 Å². The first kappa shape index (κ1) is 29.2. The van der Waals surface area contributed by atoms with Gasteiger partial charge in [-0.05, 0) is 66.4 Å². The Morgan fingerprint density at radius 1 is 1.00 bits per heavy atom. The molecular formula is C32H28F4N4O4. The molecule has 2 aliphatic heterocycles. The highest BCUT2D eigenvalue weighted by Crippen LogP contribution is 2.47. The maximum absolute atomic E-state index is 13.8. The van der Waals surface area contributed by atoms with Crippen molar-refractivity contribution in [2.24, 2.45) is 5.10 Å². The van der Waals surface area contributed by atoms with Crippen molar-refractivity contribution in [2.75, 3.05) is 25.8 Å². The average Bonchev–Trinajstić information content (AvgIpc) is 3.72. The molecule has 44 heavy (non-hydrogen) atoms. The van der Waals surface area contributed by atoms with E-state index < -0.39 is 29.0 Å². The molecule has 0 radical (unpaired) electrons. The van der Waals surface area contributed by atoms with Crippen LogP contribution < -0.4 is 19.8 Å². The largest absolute Gasteiger partial charge is 0.493 e. The van der Waals surface area contributed by atoms with Crippen LogP contribution in [-0.4, -0.2) is 43.2 Å². The highest BCUT2D eigenvalue weighted by molar-refractivity contribution is 6.30. The van der Waals surface area contributed by atoms with E-state index in [1.165, 1.54) is 0 Å². The SMILES string of the molecule is COc1ccc(C2(NC(=O)c3ccc(CN4C=C5C(=O)N(c6ccc(F)c(C(F)(F)F)c6)N=C5CC4)cc3)CC2)cc1OC. The van der Waals surface area contributed by atoms with Gasteiger partial charge in [0.2, 0.25) is 0 Å². The van der Waals surface area contributed by atoms with Gasteiger partial charge in [-0.1, -0.05) is 18.2 Å². The lowest BCUT2D eigenvalue weighted by atomic mass is 10.0. The molecule has 0 saturated heterocycles. The second kappa shape index (κ2) is 11.0. The molecule has 3 aromatic rings. The summed E-state index contributed by atoms with van der Waals surface area (Å²) < 4.78 is 64.1. The average molecular weight is 609 g/mol. The smallest absolute Gasteiger partial charge is 0.419 e. The van der Waals surface area contributed by atoms with E-state index in [1.54, 1.807) is 32.6 Å². The van der Waals surface area contributed by atoms with Gasteiger partial charge in [0.15, 0.2) is 11.5 Å². The summed E-state index contributed by atoms with van der Waals surface area (Å²) in [5, 5.41) is 8.25. The van der Waals surface area contributed by atoms with Gasteiger partial charge in [0.1, 0.15) is 5.82 Å². The number of nitrogens with one attached hydrogen (secondary N) is 1. The Bertz CT molecular complexity index is 1700. The highest BCUT2D eigenvalue weighted by atomic mass is 19.4. The zero-order valence-electron chi connectivity index (χ0n) is 23.9. The van der Waals surface area contributed by atoms with Crippen molar-refractivity contribution in [1.82, 2.24) is 10.2 Å². The summed E-state index contributed by atoms with van der Waals surface area (Å²) in [5.41, 5.74) is 1.00. The third-order valence-electron chi connectivity index (χ3n) is 8.04. The summed E-state index contributed by atoms with van der Waals surface area (Å²) in [5.74, 6) is -0.990. The maximum Gasteiger partial charge on any atom is 0.419 e. The minimum Gasteiger partial charge on any atom is -0.493 e. The summed E-state index contributed by atoms with van der Waals surface area (Å²) >= 11 is 0. The van der Waals surface area contributed by atoms with E-state index >= 15 is 0 Å². The molecule has 0 unspecified atom stereocenters. The van der Waals surface area contributed by atoms with Gasteiger partial charge in [0.05, 0.1) is 42.3 Å². The molecule has 8 nitrogen and oxygen atoms in total. The lowest BCUT2D eigenvalue weighted by Crippen LogP contribution is -2.34. The standard InChI is InChI=1S/C32H28F4N4O4/c1-43-27-10-7-21(15-28(27)44-2)31(12-13-31)37-29(41)20-5-3-19(4-6-20)17-39-14-11-26-23(18-39)30(42)40(38-26)22-8-9-25(33)24(16-22)32(34,35)36/h3-10,15-16,18H,11-14,17H2,1-2H3,(H,37,41). The number of carbonyl (C=O) groups excluding carboxylic acids is 2. The van der Waals surface area contributed by atoms with Crippen molar-refractivity contribution in [3.63, 3.8) is 0 Å². The van der Waals surface area contributed by atoms with Crippen molar-refractivity contribution in [1.29, 1.82) is 0 Å². The molecule has 3 aliphatic rings. The number of halogens is 4. The number of methoxy groups -OCH3 is 2. The Kier molecular flexibility index (Phi) is 7.30. The van der Waals surface area contributed by atoms with E-state index in [9.17, 15) is 27.2 Å². The number of ether oxygens (including phenoxy) is 2. The van der Waals surface area contributed by atoms with Crippen LogP contribution >= 0.6 is 0 Å². The van der Waals surface area contributed by atoms with Crippen LogP contribution in [0.5, 0.6) is 11.5 Å². The van der Waals surface area contributed by atoms with Crippen LogP contribution in [0.1, 0.15) is 46.3 Å². The zero-order valence-corrected chi connectivity index (χ0v) is 23.9. The predicted molar refractivity (Wildman–Crippen MR) is 154 cm³/mol. The van der Waals surface area contributed by atoms with Crippen molar-refractivity contribution in [2.45, 2.75) is 37.5 Å². The number of rotatable bonds is 8. The second-order valence-electron chi connectivity index (χ2n) is 10.9. The molecule has 0 aromatic heterocycles. The minimum absolute atomic E-state index is 0.161. The van der Waals surface area contributed by atoms with Crippen molar-refractivity contribution >= 4 is 23.2 Å². The Morgan fingerprint density at radius 3 is 2.39 bits per heavy atom. The quantitative estimate of drug-likeness (QED) is 0.328. The number of nitrogens with zero attached hydrogens (tertiary/aromatic N) is 3. The lowest BCUT2D eigenvalue weighted by Gasteiger charge is -2.25. The number of benzene rings is 3. The van der Waals surface area contributed by atoms with E-state index in [1.807, 2.05) is 35.2 Å². The van der Waals surface area contributed by atoms with Gasteiger partial charge >= 0.3 is 6.18 Å². The van der Waals surface area contributed by atoms with Crippen molar-refractivity contribution in [3.8, 4) is 11.5 Å². The number of hydrogen-bond acceptors (Lipinski definition) is 6. The number of amides is 2. The Balaban J connectivity index is 1.11. The summed E-state index contributed by atoms with van der Waals surface area (Å²) in [6, 6.07) is 15.2. The number of fused-ring (bicyclic) bond motifs is 1. The van der Waals surface area contributed by atoms with Gasteiger partial charge in [-0.25, -0.2) is 4.39 Å². The summed E-state index contributed by atoms with van der Waals surface area (Å²) in [4.78, 5) is 28.1. The normalized spacial score (nSPS) is 17.1. The molecule has 2 heterocycles. The molecule has 6 rings (SSSR count). The van der Waals surface area contributed by atoms with Gasteiger partial charge in [0, 0.05) is 31.3 Å². The molecule has 228 valence electrons. The molecule has 2 amide bonds. The molecule has 1 fully saturated rings. The first-order valence-corrected chi connectivity index (χ1v) is 13.9. The molecule has 1 N–H and O–H groups in total. The van der Waals surface area contributed by atoms with E-state index in [0.717, 1.165) is 35.0 Å². The highest BCUT2D eigenvalue weighted by Gasteiger charge is 2.46. The van der Waals surface area contributed by atoms with Gasteiger partial charge in [-0.15, -0.1) is 0 Å².